The van der Waals surface area contributed by atoms with E-state index in [0.29, 0.717) is 22.6 Å². The van der Waals surface area contributed by atoms with Crippen LogP contribution in [-0.4, -0.2) is 29.1 Å². The lowest BCUT2D eigenvalue weighted by molar-refractivity contribution is -0.384. The molecule has 0 fully saturated rings. The van der Waals surface area contributed by atoms with Crippen LogP contribution in [-0.2, 0) is 6.61 Å². The molecule has 2 aromatic carbocycles. The lowest BCUT2D eigenvalue weighted by Gasteiger charge is -2.13. The number of nitrogens with zero attached hydrogens (tertiary/aromatic N) is 3. The summed E-state index contributed by atoms with van der Waals surface area (Å²) in [5.41, 5.74) is 4.16. The number of aromatic nitrogens is 1. The maximum atomic E-state index is 12.0. The molecule has 1 aromatic heterocycles. The van der Waals surface area contributed by atoms with Crippen LogP contribution in [0.5, 0.6) is 11.5 Å². The molecule has 0 unspecified atom stereocenters. The topological polar surface area (TPSA) is 116 Å². The molecule has 0 aliphatic carbocycles. The van der Waals surface area contributed by atoms with E-state index in [1.54, 1.807) is 36.4 Å². The van der Waals surface area contributed by atoms with Crippen LogP contribution >= 0.6 is 11.6 Å². The molecule has 1 heterocycles. The minimum atomic E-state index is -0.468. The number of methoxy groups -OCH3 is 1. The van der Waals surface area contributed by atoms with Gasteiger partial charge in [-0.1, -0.05) is 11.6 Å². The van der Waals surface area contributed by atoms with Crippen molar-refractivity contribution in [3.8, 4) is 11.5 Å². The Morgan fingerprint density at radius 2 is 1.94 bits per heavy atom. The Bertz CT molecular complexity index is 1100. The van der Waals surface area contributed by atoms with E-state index in [-0.39, 0.29) is 23.2 Å². The summed E-state index contributed by atoms with van der Waals surface area (Å²) in [7, 11) is 1.47. The van der Waals surface area contributed by atoms with Crippen molar-refractivity contribution in [1.29, 1.82) is 0 Å². The molecule has 0 bridgehead atoms. The fraction of sp³-hybridized carbons (Fsp3) is 0.0952. The molecule has 0 saturated heterocycles. The molecule has 10 heteroatoms. The van der Waals surface area contributed by atoms with Crippen LogP contribution in [0.15, 0.2) is 66.0 Å². The highest BCUT2D eigenvalue weighted by atomic mass is 35.5. The van der Waals surface area contributed by atoms with E-state index in [1.807, 2.05) is 0 Å². The van der Waals surface area contributed by atoms with E-state index in [0.717, 1.165) is 5.56 Å². The molecule has 0 atom stereocenters. The van der Waals surface area contributed by atoms with Gasteiger partial charge in [-0.2, -0.15) is 5.10 Å². The number of pyridine rings is 1. The van der Waals surface area contributed by atoms with Gasteiger partial charge < -0.3 is 9.47 Å². The quantitative estimate of drug-likeness (QED) is 0.321. The molecular weight excluding hydrogens is 424 g/mol. The zero-order valence-corrected chi connectivity index (χ0v) is 17.1. The second kappa shape index (κ2) is 10.2. The van der Waals surface area contributed by atoms with Crippen LogP contribution in [0, 0.1) is 10.1 Å². The lowest BCUT2D eigenvalue weighted by atomic mass is 10.2. The number of nitrogens with one attached hydrogen (secondary N) is 1. The molecule has 0 saturated carbocycles. The number of halogens is 1. The van der Waals surface area contributed by atoms with Gasteiger partial charge in [0, 0.05) is 30.1 Å². The zero-order valence-electron chi connectivity index (χ0n) is 16.3. The largest absolute Gasteiger partial charge is 0.493 e. The summed E-state index contributed by atoms with van der Waals surface area (Å²) < 4.78 is 11.1. The highest BCUT2D eigenvalue weighted by molar-refractivity contribution is 6.32. The van der Waals surface area contributed by atoms with Crippen molar-refractivity contribution in [3.05, 3.63) is 92.8 Å². The molecule has 0 aliphatic heterocycles. The summed E-state index contributed by atoms with van der Waals surface area (Å²) in [6.07, 6.45) is 4.45. The number of benzene rings is 2. The summed E-state index contributed by atoms with van der Waals surface area (Å²) in [6.45, 7) is 0.142. The Morgan fingerprint density at radius 3 is 2.58 bits per heavy atom. The van der Waals surface area contributed by atoms with E-state index in [2.05, 4.69) is 15.5 Å². The van der Waals surface area contributed by atoms with Gasteiger partial charge in [0.25, 0.3) is 11.6 Å². The Morgan fingerprint density at radius 1 is 1.23 bits per heavy atom. The Kier molecular flexibility index (Phi) is 7.13. The number of hydrogen-bond acceptors (Lipinski definition) is 7. The van der Waals surface area contributed by atoms with Gasteiger partial charge in [0.05, 0.1) is 23.3 Å². The normalized spacial score (nSPS) is 10.6. The number of carbonyl (C=O) groups is 1. The second-order valence-corrected chi connectivity index (χ2v) is 6.59. The third-order valence-electron chi connectivity index (χ3n) is 4.10. The highest BCUT2D eigenvalue weighted by Crippen LogP contribution is 2.36. The number of ether oxygens (including phenoxy) is 2. The Balaban J connectivity index is 1.68. The Labute approximate surface area is 182 Å². The minimum Gasteiger partial charge on any atom is -0.493 e. The van der Waals surface area contributed by atoms with Gasteiger partial charge in [-0.25, -0.2) is 5.43 Å². The van der Waals surface area contributed by atoms with Crippen LogP contribution < -0.4 is 14.9 Å². The molecule has 3 rings (SSSR count). The van der Waals surface area contributed by atoms with E-state index < -0.39 is 4.92 Å². The Hall–Kier alpha value is -3.98. The van der Waals surface area contributed by atoms with Crippen LogP contribution in [0.2, 0.25) is 5.02 Å². The third-order valence-corrected chi connectivity index (χ3v) is 4.39. The summed E-state index contributed by atoms with van der Waals surface area (Å²) in [5.74, 6) is 0.316. The van der Waals surface area contributed by atoms with Gasteiger partial charge in [0.15, 0.2) is 11.5 Å². The van der Waals surface area contributed by atoms with Gasteiger partial charge in [-0.05, 0) is 47.5 Å². The standard InChI is InChI=1S/C21H17ClN4O5/c1-30-19-11-15(12-24-25-21(27)16-6-8-23-9-7-16)10-18(22)20(19)31-13-14-2-4-17(5-3-14)26(28)29/h2-12H,13H2,1H3,(H,25,27)/b24-12+. The first-order chi connectivity index (χ1) is 15.0. The lowest BCUT2D eigenvalue weighted by Crippen LogP contribution is -2.17. The van der Waals surface area contributed by atoms with Crippen molar-refractivity contribution in [2.75, 3.05) is 7.11 Å². The van der Waals surface area contributed by atoms with Crippen LogP contribution in [0.3, 0.4) is 0 Å². The van der Waals surface area contributed by atoms with E-state index in [4.69, 9.17) is 21.1 Å². The number of rotatable bonds is 8. The number of amides is 1. The maximum absolute atomic E-state index is 12.0. The minimum absolute atomic E-state index is 0.000903. The number of hydrogen-bond donors (Lipinski definition) is 1. The number of carbonyl (C=O) groups excluding carboxylic acids is 1. The molecule has 31 heavy (non-hydrogen) atoms. The fourth-order valence-electron chi connectivity index (χ4n) is 2.56. The van der Waals surface area contributed by atoms with Crippen LogP contribution in [0.1, 0.15) is 21.5 Å². The van der Waals surface area contributed by atoms with Crippen molar-refractivity contribution in [2.45, 2.75) is 6.61 Å². The van der Waals surface area contributed by atoms with E-state index in [9.17, 15) is 14.9 Å². The first-order valence-electron chi connectivity index (χ1n) is 8.95. The summed E-state index contributed by atoms with van der Waals surface area (Å²) in [6, 6.07) is 12.4. The molecule has 1 N–H and O–H groups in total. The van der Waals surface area contributed by atoms with E-state index in [1.165, 1.54) is 37.9 Å². The average molecular weight is 441 g/mol. The smallest absolute Gasteiger partial charge is 0.271 e. The fourth-order valence-corrected chi connectivity index (χ4v) is 2.83. The van der Waals surface area contributed by atoms with Crippen molar-refractivity contribution in [3.63, 3.8) is 0 Å². The number of hydrazone groups is 1. The highest BCUT2D eigenvalue weighted by Gasteiger charge is 2.13. The predicted octanol–water partition coefficient (Wildman–Crippen LogP) is 3.99. The van der Waals surface area contributed by atoms with Crippen molar-refractivity contribution in [1.82, 2.24) is 10.4 Å². The molecule has 0 spiro atoms. The molecule has 0 aliphatic rings. The summed E-state index contributed by atoms with van der Waals surface area (Å²) in [5, 5.41) is 14.9. The SMILES string of the molecule is COc1cc(/C=N/NC(=O)c2ccncc2)cc(Cl)c1OCc1ccc([N+](=O)[O-])cc1. The predicted molar refractivity (Wildman–Crippen MR) is 115 cm³/mol. The average Bonchev–Trinajstić information content (AvgIpc) is 2.78. The third kappa shape index (κ3) is 5.77. The van der Waals surface area contributed by atoms with Gasteiger partial charge in [0.2, 0.25) is 0 Å². The van der Waals surface area contributed by atoms with Gasteiger partial charge in [-0.15, -0.1) is 0 Å². The monoisotopic (exact) mass is 440 g/mol. The second-order valence-electron chi connectivity index (χ2n) is 6.18. The molecule has 158 valence electrons. The van der Waals surface area contributed by atoms with Gasteiger partial charge in [-0.3, -0.25) is 19.9 Å². The first-order valence-corrected chi connectivity index (χ1v) is 9.33. The van der Waals surface area contributed by atoms with Crippen LogP contribution in [0.25, 0.3) is 0 Å². The van der Waals surface area contributed by atoms with E-state index >= 15 is 0 Å². The van der Waals surface area contributed by atoms with Crippen molar-refractivity contribution >= 4 is 29.4 Å². The number of nitro groups is 1. The number of non-ortho nitro benzene ring substituents is 1. The summed E-state index contributed by atoms with van der Waals surface area (Å²) >= 11 is 6.33. The molecular formula is C21H17ClN4O5. The summed E-state index contributed by atoms with van der Waals surface area (Å²) in [4.78, 5) is 26.1. The van der Waals surface area contributed by atoms with Crippen molar-refractivity contribution < 1.29 is 19.2 Å². The molecule has 3 aromatic rings. The van der Waals surface area contributed by atoms with Gasteiger partial charge in [0.1, 0.15) is 6.61 Å². The maximum Gasteiger partial charge on any atom is 0.271 e. The van der Waals surface area contributed by atoms with Crippen molar-refractivity contribution in [2.24, 2.45) is 5.10 Å². The van der Waals surface area contributed by atoms with Crippen LogP contribution in [0.4, 0.5) is 5.69 Å². The first kappa shape index (κ1) is 21.7. The zero-order chi connectivity index (χ0) is 22.2. The molecule has 0 radical (unpaired) electrons. The molecule has 1 amide bonds. The molecule has 9 nitrogen and oxygen atoms in total. The van der Waals surface area contributed by atoms with Gasteiger partial charge >= 0.3 is 0 Å². The number of nitro benzene ring substituents is 1.